The molecule has 1 fully saturated rings. The number of ether oxygens (including phenoxy) is 2. The molecule has 34 heavy (non-hydrogen) atoms. The number of halogens is 8. The number of nitrogens with zero attached hydrogens (tertiary/aromatic N) is 1. The van der Waals surface area contributed by atoms with E-state index in [9.17, 15) is 35.5 Å². The van der Waals surface area contributed by atoms with Crippen molar-refractivity contribution in [3.8, 4) is 0 Å². The number of carbonyl (C=O) groups excluding carboxylic acids is 1. The summed E-state index contributed by atoms with van der Waals surface area (Å²) < 4.78 is 103. The van der Waals surface area contributed by atoms with E-state index in [1.54, 1.807) is 0 Å². The molecular formula is C21H18ClF7N2O3. The molecule has 186 valence electrons. The van der Waals surface area contributed by atoms with Crippen molar-refractivity contribution in [1.82, 2.24) is 4.90 Å². The molecule has 0 aliphatic carbocycles. The molecule has 0 saturated carbocycles. The van der Waals surface area contributed by atoms with Gasteiger partial charge in [0.05, 0.1) is 18.3 Å². The molecule has 13 heteroatoms. The van der Waals surface area contributed by atoms with E-state index in [-0.39, 0.29) is 30.9 Å². The summed E-state index contributed by atoms with van der Waals surface area (Å²) in [6.07, 6.45) is -14.8. The quantitative estimate of drug-likeness (QED) is 0.494. The first-order valence-electron chi connectivity index (χ1n) is 9.83. The van der Waals surface area contributed by atoms with Gasteiger partial charge < -0.3 is 9.47 Å². The molecule has 1 heterocycles. The smallest absolute Gasteiger partial charge is 0.426 e. The summed E-state index contributed by atoms with van der Waals surface area (Å²) in [6.45, 7) is -1.08. The van der Waals surface area contributed by atoms with Crippen LogP contribution in [0.3, 0.4) is 0 Å². The average molecular weight is 515 g/mol. The van der Waals surface area contributed by atoms with Gasteiger partial charge >= 0.3 is 18.4 Å². The molecule has 1 aliphatic rings. The molecule has 3 rings (SSSR count). The third kappa shape index (κ3) is 6.97. The third-order valence-electron chi connectivity index (χ3n) is 4.95. The highest BCUT2D eigenvalue weighted by Gasteiger charge is 2.44. The fourth-order valence-electron chi connectivity index (χ4n) is 3.28. The van der Waals surface area contributed by atoms with Gasteiger partial charge in [-0.15, -0.1) is 0 Å². The Labute approximate surface area is 194 Å². The maximum absolute atomic E-state index is 13.6. The number of nitrogens with one attached hydrogen (secondary N) is 1. The zero-order valence-electron chi connectivity index (χ0n) is 17.2. The molecule has 0 bridgehead atoms. The fraction of sp³-hybridized carbons (Fsp3) is 0.381. The zero-order chi connectivity index (χ0) is 25.1. The van der Waals surface area contributed by atoms with Gasteiger partial charge in [-0.2, -0.15) is 26.3 Å². The number of anilines is 1. The maximum atomic E-state index is 13.6. The van der Waals surface area contributed by atoms with Gasteiger partial charge in [0.25, 0.3) is 0 Å². The standard InChI is InChI=1S/C21H18ClF7N2O3/c22-13-2-4-14(5-3-13)30-19(32)34-18(21(27,28)29)11-31-7-8-33-17(10-31)12-1-6-16(23)15(9-12)20(24,25)26/h1-6,9,17-18H,7-8,10-11H2,(H,30,32)/t17?,18-/m0/s1. The molecule has 0 radical (unpaired) electrons. The third-order valence-corrected chi connectivity index (χ3v) is 5.20. The van der Waals surface area contributed by atoms with Crippen LogP contribution in [0.25, 0.3) is 0 Å². The largest absolute Gasteiger partial charge is 0.435 e. The van der Waals surface area contributed by atoms with Crippen molar-refractivity contribution in [2.75, 3.05) is 31.6 Å². The van der Waals surface area contributed by atoms with Crippen LogP contribution in [0.5, 0.6) is 0 Å². The monoisotopic (exact) mass is 514 g/mol. The van der Waals surface area contributed by atoms with Crippen LogP contribution in [0.1, 0.15) is 17.2 Å². The van der Waals surface area contributed by atoms with Crippen molar-refractivity contribution in [3.05, 3.63) is 64.4 Å². The number of morpholine rings is 1. The van der Waals surface area contributed by atoms with Gasteiger partial charge in [0, 0.05) is 30.3 Å². The van der Waals surface area contributed by atoms with Crippen LogP contribution in [0.4, 0.5) is 41.2 Å². The molecule has 0 spiro atoms. The highest BCUT2D eigenvalue weighted by molar-refractivity contribution is 6.30. The van der Waals surface area contributed by atoms with Crippen LogP contribution in [0, 0.1) is 5.82 Å². The van der Waals surface area contributed by atoms with E-state index < -0.39 is 48.6 Å². The van der Waals surface area contributed by atoms with Crippen LogP contribution in [-0.4, -0.2) is 49.5 Å². The van der Waals surface area contributed by atoms with Crippen molar-refractivity contribution in [1.29, 1.82) is 0 Å². The van der Waals surface area contributed by atoms with Gasteiger partial charge in [-0.1, -0.05) is 17.7 Å². The normalized spacial score (nSPS) is 18.4. The number of carbonyl (C=O) groups is 1. The van der Waals surface area contributed by atoms with E-state index in [0.29, 0.717) is 17.2 Å². The molecule has 5 nitrogen and oxygen atoms in total. The highest BCUT2D eigenvalue weighted by Crippen LogP contribution is 2.34. The van der Waals surface area contributed by atoms with Gasteiger partial charge in [0.15, 0.2) is 0 Å². The second-order valence-corrected chi connectivity index (χ2v) is 7.86. The number of amides is 1. The van der Waals surface area contributed by atoms with Crippen molar-refractivity contribution >= 4 is 23.4 Å². The lowest BCUT2D eigenvalue weighted by atomic mass is 10.0. The van der Waals surface area contributed by atoms with E-state index in [4.69, 9.17) is 16.3 Å². The van der Waals surface area contributed by atoms with Crippen LogP contribution in [-0.2, 0) is 15.7 Å². The molecule has 2 atom stereocenters. The topological polar surface area (TPSA) is 50.8 Å². The molecular weight excluding hydrogens is 497 g/mol. The second kappa shape index (κ2) is 10.4. The lowest BCUT2D eigenvalue weighted by molar-refractivity contribution is -0.209. The molecule has 1 saturated heterocycles. The molecule has 2 aromatic rings. The first-order chi connectivity index (χ1) is 15.8. The Morgan fingerprint density at radius 2 is 1.82 bits per heavy atom. The van der Waals surface area contributed by atoms with Crippen LogP contribution < -0.4 is 5.32 Å². The lowest BCUT2D eigenvalue weighted by Gasteiger charge is -2.35. The number of rotatable bonds is 5. The van der Waals surface area contributed by atoms with Crippen molar-refractivity contribution in [2.45, 2.75) is 24.6 Å². The van der Waals surface area contributed by atoms with Crippen LogP contribution >= 0.6 is 11.6 Å². The number of benzene rings is 2. The van der Waals surface area contributed by atoms with Crippen molar-refractivity contribution in [2.24, 2.45) is 0 Å². The Morgan fingerprint density at radius 1 is 1.15 bits per heavy atom. The molecule has 1 aliphatic heterocycles. The first-order valence-corrected chi connectivity index (χ1v) is 10.2. The molecule has 1 unspecified atom stereocenters. The summed E-state index contributed by atoms with van der Waals surface area (Å²) >= 11 is 5.71. The minimum absolute atomic E-state index is 0.0125. The summed E-state index contributed by atoms with van der Waals surface area (Å²) in [5.74, 6) is -1.47. The molecule has 0 aromatic heterocycles. The minimum atomic E-state index is -4.94. The Bertz CT molecular complexity index is 999. The molecule has 1 N–H and O–H groups in total. The lowest BCUT2D eigenvalue weighted by Crippen LogP contribution is -2.48. The van der Waals surface area contributed by atoms with E-state index in [0.717, 1.165) is 6.07 Å². The van der Waals surface area contributed by atoms with Gasteiger partial charge in [-0.25, -0.2) is 9.18 Å². The SMILES string of the molecule is O=C(Nc1ccc(Cl)cc1)O[C@@H](CN1CCOC(c2ccc(F)c(C(F)(F)F)c2)C1)C(F)(F)F. The highest BCUT2D eigenvalue weighted by atomic mass is 35.5. The predicted molar refractivity (Wildman–Crippen MR) is 108 cm³/mol. The Kier molecular flexibility index (Phi) is 7.94. The average Bonchev–Trinajstić information content (AvgIpc) is 2.74. The van der Waals surface area contributed by atoms with Crippen LogP contribution in [0.2, 0.25) is 5.02 Å². The Morgan fingerprint density at radius 3 is 2.44 bits per heavy atom. The summed E-state index contributed by atoms with van der Waals surface area (Å²) in [4.78, 5) is 13.2. The summed E-state index contributed by atoms with van der Waals surface area (Å²) in [6, 6.07) is 7.87. The Balaban J connectivity index is 1.68. The summed E-state index contributed by atoms with van der Waals surface area (Å²) in [5, 5.41) is 2.52. The minimum Gasteiger partial charge on any atom is -0.435 e. The van der Waals surface area contributed by atoms with Gasteiger partial charge in [0.2, 0.25) is 6.10 Å². The van der Waals surface area contributed by atoms with E-state index >= 15 is 0 Å². The molecule has 1 amide bonds. The molecule has 2 aromatic carbocycles. The van der Waals surface area contributed by atoms with Gasteiger partial charge in [0.1, 0.15) is 5.82 Å². The second-order valence-electron chi connectivity index (χ2n) is 7.42. The van der Waals surface area contributed by atoms with Gasteiger partial charge in [-0.3, -0.25) is 10.2 Å². The maximum Gasteiger partial charge on any atom is 0.426 e. The van der Waals surface area contributed by atoms with Gasteiger partial charge in [-0.05, 0) is 42.0 Å². The van der Waals surface area contributed by atoms with Crippen LogP contribution in [0.15, 0.2) is 42.5 Å². The number of hydrogen-bond acceptors (Lipinski definition) is 4. The Hall–Kier alpha value is -2.57. The van der Waals surface area contributed by atoms with E-state index in [1.807, 2.05) is 0 Å². The number of hydrogen-bond donors (Lipinski definition) is 1. The van der Waals surface area contributed by atoms with E-state index in [2.05, 4.69) is 10.1 Å². The summed E-state index contributed by atoms with van der Waals surface area (Å²) in [5.41, 5.74) is -1.37. The summed E-state index contributed by atoms with van der Waals surface area (Å²) in [7, 11) is 0. The van der Waals surface area contributed by atoms with Crippen molar-refractivity contribution in [3.63, 3.8) is 0 Å². The first kappa shape index (κ1) is 26.0. The number of alkyl halides is 6. The van der Waals surface area contributed by atoms with Crippen molar-refractivity contribution < 1.29 is 45.0 Å². The zero-order valence-corrected chi connectivity index (χ0v) is 18.0. The fourth-order valence-corrected chi connectivity index (χ4v) is 3.41. The predicted octanol–water partition coefficient (Wildman–Crippen LogP) is 6.05. The van der Waals surface area contributed by atoms with E-state index in [1.165, 1.54) is 29.2 Å².